The molecule has 0 saturated heterocycles. The fraction of sp³-hybridized carbons (Fsp3) is 0.643. The quantitative estimate of drug-likeness (QED) is 0.740. The zero-order valence-electron chi connectivity index (χ0n) is 12.1. The van der Waals surface area contributed by atoms with Crippen LogP contribution in [-0.2, 0) is 10.3 Å². The van der Waals surface area contributed by atoms with E-state index in [1.165, 1.54) is 0 Å². The van der Waals surface area contributed by atoms with Crippen LogP contribution in [0.2, 0.25) is 0 Å². The second-order valence-corrected chi connectivity index (χ2v) is 4.45. The number of esters is 1. The minimum atomic E-state index is -0.484. The number of nitriles is 1. The van der Waals surface area contributed by atoms with Crippen LogP contribution in [0.5, 0.6) is 0 Å². The highest BCUT2D eigenvalue weighted by Gasteiger charge is 2.30. The van der Waals surface area contributed by atoms with Crippen LogP contribution in [0.4, 0.5) is 0 Å². The molecule has 19 heavy (non-hydrogen) atoms. The summed E-state index contributed by atoms with van der Waals surface area (Å²) in [7, 11) is 0. The van der Waals surface area contributed by atoms with Crippen LogP contribution in [0.15, 0.2) is 6.20 Å². The normalized spacial score (nSPS) is 11.1. The Morgan fingerprint density at radius 3 is 2.37 bits per heavy atom. The monoisotopic (exact) mass is 263 g/mol. The summed E-state index contributed by atoms with van der Waals surface area (Å²) in [6.45, 7) is 8.29. The molecule has 0 bridgehead atoms. The van der Waals surface area contributed by atoms with E-state index in [-0.39, 0.29) is 23.4 Å². The van der Waals surface area contributed by atoms with Gasteiger partial charge < -0.3 is 4.74 Å². The molecule has 0 radical (unpaired) electrons. The molecule has 5 heteroatoms. The van der Waals surface area contributed by atoms with Gasteiger partial charge in [0.15, 0.2) is 5.69 Å². The van der Waals surface area contributed by atoms with Crippen LogP contribution in [0, 0.1) is 11.3 Å². The van der Waals surface area contributed by atoms with Crippen LogP contribution in [-0.4, -0.2) is 22.4 Å². The molecule has 0 aliphatic rings. The molecule has 0 saturated carbocycles. The molecule has 1 heterocycles. The van der Waals surface area contributed by atoms with E-state index in [0.717, 1.165) is 19.3 Å². The van der Waals surface area contributed by atoms with Gasteiger partial charge in [-0.15, -0.1) is 0 Å². The Bertz CT molecular complexity index is 473. The van der Waals surface area contributed by atoms with Crippen molar-refractivity contribution >= 4 is 5.97 Å². The molecule has 0 atom stereocenters. The minimum Gasteiger partial charge on any atom is -0.462 e. The number of rotatable bonds is 6. The van der Waals surface area contributed by atoms with Gasteiger partial charge in [-0.1, -0.05) is 20.8 Å². The predicted octanol–water partition coefficient (Wildman–Crippen LogP) is 2.86. The average molecular weight is 263 g/mol. The Morgan fingerprint density at radius 1 is 1.37 bits per heavy atom. The van der Waals surface area contributed by atoms with E-state index in [2.05, 4.69) is 25.9 Å². The number of aromatic nitrogens is 2. The molecule has 5 nitrogen and oxygen atoms in total. The summed E-state index contributed by atoms with van der Waals surface area (Å²) in [5, 5.41) is 13.4. The molecule has 1 aromatic heterocycles. The fourth-order valence-electron chi connectivity index (χ4n) is 2.29. The Balaban J connectivity index is 3.26. The smallest absolute Gasteiger partial charge is 0.342 e. The standard InChI is InChI=1S/C14H21N3O2/c1-5-14(6-2,7-3)17-10-11(12(9-15)16-17)13(18)19-8-4/h10H,5-8H2,1-4H3. The highest BCUT2D eigenvalue weighted by Crippen LogP contribution is 2.29. The first-order chi connectivity index (χ1) is 9.08. The zero-order chi connectivity index (χ0) is 14.5. The molecule has 0 fully saturated rings. The van der Waals surface area contributed by atoms with E-state index < -0.39 is 5.97 Å². The first kappa shape index (κ1) is 15.2. The summed E-state index contributed by atoms with van der Waals surface area (Å²) < 4.78 is 6.72. The van der Waals surface area contributed by atoms with Gasteiger partial charge in [-0.05, 0) is 26.2 Å². The summed E-state index contributed by atoms with van der Waals surface area (Å²) in [5.41, 5.74) is 0.248. The summed E-state index contributed by atoms with van der Waals surface area (Å²) in [4.78, 5) is 11.8. The van der Waals surface area contributed by atoms with Crippen molar-refractivity contribution in [1.29, 1.82) is 5.26 Å². The molecular weight excluding hydrogens is 242 g/mol. The maximum absolute atomic E-state index is 11.8. The van der Waals surface area contributed by atoms with Gasteiger partial charge in [0.25, 0.3) is 0 Å². The van der Waals surface area contributed by atoms with Gasteiger partial charge in [0.05, 0.1) is 12.1 Å². The Labute approximate surface area is 114 Å². The molecule has 1 aromatic rings. The first-order valence-corrected chi connectivity index (χ1v) is 6.75. The largest absolute Gasteiger partial charge is 0.462 e. The lowest BCUT2D eigenvalue weighted by atomic mass is 9.90. The van der Waals surface area contributed by atoms with Gasteiger partial charge >= 0.3 is 5.97 Å². The molecule has 0 amide bonds. The van der Waals surface area contributed by atoms with Gasteiger partial charge in [0.2, 0.25) is 0 Å². The predicted molar refractivity (Wildman–Crippen MR) is 71.7 cm³/mol. The van der Waals surface area contributed by atoms with Crippen LogP contribution in [0.25, 0.3) is 0 Å². The molecule has 0 aliphatic carbocycles. The Hall–Kier alpha value is -1.83. The Kier molecular flexibility index (Phi) is 5.11. The average Bonchev–Trinajstić information content (AvgIpc) is 2.86. The highest BCUT2D eigenvalue weighted by molar-refractivity contribution is 5.91. The van der Waals surface area contributed by atoms with Crippen molar-refractivity contribution in [3.63, 3.8) is 0 Å². The third kappa shape index (κ3) is 2.78. The van der Waals surface area contributed by atoms with E-state index in [1.807, 2.05) is 6.07 Å². The number of carbonyl (C=O) groups excluding carboxylic acids is 1. The number of ether oxygens (including phenoxy) is 1. The number of hydrogen-bond acceptors (Lipinski definition) is 4. The second kappa shape index (κ2) is 6.37. The van der Waals surface area contributed by atoms with E-state index in [4.69, 9.17) is 10.00 Å². The molecular formula is C14H21N3O2. The van der Waals surface area contributed by atoms with E-state index in [0.29, 0.717) is 0 Å². The van der Waals surface area contributed by atoms with Crippen molar-refractivity contribution in [1.82, 2.24) is 9.78 Å². The molecule has 0 unspecified atom stereocenters. The summed E-state index contributed by atoms with van der Waals surface area (Å²) in [5.74, 6) is -0.484. The topological polar surface area (TPSA) is 67.9 Å². The van der Waals surface area contributed by atoms with Crippen LogP contribution in [0.1, 0.15) is 63.0 Å². The van der Waals surface area contributed by atoms with Crippen LogP contribution in [0.3, 0.4) is 0 Å². The van der Waals surface area contributed by atoms with Gasteiger partial charge in [0.1, 0.15) is 11.6 Å². The number of nitrogens with zero attached hydrogens (tertiary/aromatic N) is 3. The summed E-state index contributed by atoms with van der Waals surface area (Å²) in [6, 6.07) is 1.97. The van der Waals surface area contributed by atoms with Gasteiger partial charge in [-0.3, -0.25) is 4.68 Å². The van der Waals surface area contributed by atoms with E-state index in [9.17, 15) is 4.79 Å². The molecule has 0 aromatic carbocycles. The third-order valence-corrected chi connectivity index (χ3v) is 3.78. The van der Waals surface area contributed by atoms with E-state index >= 15 is 0 Å². The number of carbonyl (C=O) groups is 1. The SMILES string of the molecule is CCOC(=O)c1cn(C(CC)(CC)CC)nc1C#N. The maximum Gasteiger partial charge on any atom is 0.342 e. The van der Waals surface area contributed by atoms with Crippen molar-refractivity contribution in [2.24, 2.45) is 0 Å². The number of hydrogen-bond donors (Lipinski definition) is 0. The molecule has 1 rings (SSSR count). The van der Waals surface area contributed by atoms with Gasteiger partial charge in [-0.25, -0.2) is 4.79 Å². The van der Waals surface area contributed by atoms with Crippen LogP contribution < -0.4 is 0 Å². The minimum absolute atomic E-state index is 0.137. The van der Waals surface area contributed by atoms with Gasteiger partial charge in [0, 0.05) is 6.20 Å². The van der Waals surface area contributed by atoms with E-state index in [1.54, 1.807) is 17.8 Å². The van der Waals surface area contributed by atoms with Crippen molar-refractivity contribution < 1.29 is 9.53 Å². The molecule has 0 spiro atoms. The molecule has 0 N–H and O–H groups in total. The lowest BCUT2D eigenvalue weighted by Gasteiger charge is -2.30. The zero-order valence-corrected chi connectivity index (χ0v) is 12.1. The van der Waals surface area contributed by atoms with Crippen molar-refractivity contribution in [3.8, 4) is 6.07 Å². The summed E-state index contributed by atoms with van der Waals surface area (Å²) in [6.07, 6.45) is 4.34. The highest BCUT2D eigenvalue weighted by atomic mass is 16.5. The Morgan fingerprint density at radius 2 is 1.95 bits per heavy atom. The van der Waals surface area contributed by atoms with Crippen LogP contribution >= 0.6 is 0 Å². The van der Waals surface area contributed by atoms with Gasteiger partial charge in [-0.2, -0.15) is 10.4 Å². The van der Waals surface area contributed by atoms with Crippen molar-refractivity contribution in [2.45, 2.75) is 52.5 Å². The maximum atomic E-state index is 11.8. The van der Waals surface area contributed by atoms with Crippen molar-refractivity contribution in [3.05, 3.63) is 17.5 Å². The lowest BCUT2D eigenvalue weighted by Crippen LogP contribution is -2.32. The molecule has 104 valence electrons. The van der Waals surface area contributed by atoms with Crippen molar-refractivity contribution in [2.75, 3.05) is 6.61 Å². The molecule has 0 aliphatic heterocycles. The third-order valence-electron chi connectivity index (χ3n) is 3.78. The fourth-order valence-corrected chi connectivity index (χ4v) is 2.29. The lowest BCUT2D eigenvalue weighted by molar-refractivity contribution is 0.0525. The first-order valence-electron chi connectivity index (χ1n) is 6.75. The summed E-state index contributed by atoms with van der Waals surface area (Å²) >= 11 is 0. The second-order valence-electron chi connectivity index (χ2n) is 4.45.